The Kier molecular flexibility index (Phi) is 3.96. The van der Waals surface area contributed by atoms with E-state index in [1.807, 2.05) is 30.3 Å². The molecule has 0 saturated heterocycles. The van der Waals surface area contributed by atoms with Crippen LogP contribution in [0.25, 0.3) is 10.8 Å². The lowest BCUT2D eigenvalue weighted by Crippen LogP contribution is -1.96. The lowest BCUT2D eigenvalue weighted by atomic mass is 9.98. The first-order valence-electron chi connectivity index (χ1n) is 6.33. The minimum absolute atomic E-state index is 0.315. The second-order valence-electron chi connectivity index (χ2n) is 4.75. The number of hydrogen-bond donors (Lipinski definition) is 0. The van der Waals surface area contributed by atoms with Gasteiger partial charge in [0.15, 0.2) is 0 Å². The molecule has 106 valence electrons. The van der Waals surface area contributed by atoms with Crippen LogP contribution in [0.15, 0.2) is 54.6 Å². The quantitative estimate of drug-likeness (QED) is 0.469. The van der Waals surface area contributed by atoms with Gasteiger partial charge in [-0.15, -0.1) is 0 Å². The molecule has 0 aliphatic heterocycles. The summed E-state index contributed by atoms with van der Waals surface area (Å²) in [5.74, 6) is -1.18. The van der Waals surface area contributed by atoms with Crippen LogP contribution in [0.3, 0.4) is 0 Å². The van der Waals surface area contributed by atoms with Crippen LogP contribution in [0, 0.1) is 11.6 Å². The molecule has 0 radical (unpaired) electrons. The van der Waals surface area contributed by atoms with E-state index in [-0.39, 0.29) is 4.83 Å². The summed E-state index contributed by atoms with van der Waals surface area (Å²) in [5, 5.41) is 2.52. The molecule has 3 aromatic carbocycles. The molecule has 1 unspecified atom stereocenters. The minimum atomic E-state index is -0.590. The van der Waals surface area contributed by atoms with Gasteiger partial charge in [-0.2, -0.15) is 0 Å². The lowest BCUT2D eigenvalue weighted by Gasteiger charge is -2.15. The van der Waals surface area contributed by atoms with E-state index in [4.69, 9.17) is 11.6 Å². The van der Waals surface area contributed by atoms with Crippen molar-refractivity contribution in [1.82, 2.24) is 0 Å². The standard InChI is InChI=1S/C17H10BrClF2/c18-17(10-7-11(20)9-12(21)8-10)15-5-6-16(19)14-4-2-1-3-13(14)15/h1-9,17H. The van der Waals surface area contributed by atoms with Crippen LogP contribution in [0.1, 0.15) is 16.0 Å². The molecule has 0 N–H and O–H groups in total. The van der Waals surface area contributed by atoms with E-state index in [0.717, 1.165) is 22.4 Å². The maximum atomic E-state index is 13.4. The summed E-state index contributed by atoms with van der Waals surface area (Å²) in [4.78, 5) is -0.315. The third-order valence-electron chi connectivity index (χ3n) is 3.36. The summed E-state index contributed by atoms with van der Waals surface area (Å²) >= 11 is 9.73. The molecule has 21 heavy (non-hydrogen) atoms. The number of halogens is 4. The largest absolute Gasteiger partial charge is 0.207 e. The Balaban J connectivity index is 2.18. The summed E-state index contributed by atoms with van der Waals surface area (Å²) in [6.45, 7) is 0. The molecule has 0 saturated carbocycles. The minimum Gasteiger partial charge on any atom is -0.207 e. The Labute approximate surface area is 134 Å². The third kappa shape index (κ3) is 2.81. The highest BCUT2D eigenvalue weighted by molar-refractivity contribution is 9.09. The fourth-order valence-corrected chi connectivity index (χ4v) is 3.30. The molecule has 0 nitrogen and oxygen atoms in total. The fraction of sp³-hybridized carbons (Fsp3) is 0.0588. The van der Waals surface area contributed by atoms with Gasteiger partial charge in [0.1, 0.15) is 11.6 Å². The summed E-state index contributed by atoms with van der Waals surface area (Å²) in [5.41, 5.74) is 1.44. The first-order chi connectivity index (χ1) is 10.1. The van der Waals surface area contributed by atoms with Crippen molar-refractivity contribution in [3.05, 3.63) is 82.4 Å². The number of rotatable bonds is 2. The van der Waals surface area contributed by atoms with Gasteiger partial charge >= 0.3 is 0 Å². The van der Waals surface area contributed by atoms with Crippen LogP contribution >= 0.6 is 27.5 Å². The molecule has 1 atom stereocenters. The zero-order valence-corrected chi connectivity index (χ0v) is 13.1. The number of alkyl halides is 1. The molecule has 0 aromatic heterocycles. The van der Waals surface area contributed by atoms with Gasteiger partial charge in [0.25, 0.3) is 0 Å². The van der Waals surface area contributed by atoms with E-state index in [2.05, 4.69) is 15.9 Å². The molecular weight excluding hydrogens is 358 g/mol. The first kappa shape index (κ1) is 14.5. The van der Waals surface area contributed by atoms with E-state index >= 15 is 0 Å². The predicted molar refractivity (Wildman–Crippen MR) is 86.1 cm³/mol. The highest BCUT2D eigenvalue weighted by Gasteiger charge is 2.16. The molecule has 0 amide bonds. The van der Waals surface area contributed by atoms with Crippen LogP contribution < -0.4 is 0 Å². The molecule has 0 aliphatic rings. The summed E-state index contributed by atoms with van der Waals surface area (Å²) in [7, 11) is 0. The van der Waals surface area contributed by atoms with Gasteiger partial charge in [0.05, 0.1) is 4.83 Å². The second-order valence-corrected chi connectivity index (χ2v) is 6.07. The Bertz CT molecular complexity index is 797. The molecule has 0 aliphatic carbocycles. The second kappa shape index (κ2) is 5.74. The molecule has 0 heterocycles. The van der Waals surface area contributed by atoms with Crippen molar-refractivity contribution in [3.8, 4) is 0 Å². The van der Waals surface area contributed by atoms with Crippen molar-refractivity contribution in [2.24, 2.45) is 0 Å². The van der Waals surface area contributed by atoms with Gasteiger partial charge in [-0.3, -0.25) is 0 Å². The van der Waals surface area contributed by atoms with Crippen LogP contribution in [0.2, 0.25) is 5.02 Å². The number of hydrogen-bond acceptors (Lipinski definition) is 0. The van der Waals surface area contributed by atoms with E-state index in [0.29, 0.717) is 10.6 Å². The molecule has 0 bridgehead atoms. The van der Waals surface area contributed by atoms with Crippen LogP contribution in [0.4, 0.5) is 8.78 Å². The van der Waals surface area contributed by atoms with Crippen molar-refractivity contribution in [3.63, 3.8) is 0 Å². The average molecular weight is 368 g/mol. The Morgan fingerprint density at radius 2 is 1.48 bits per heavy atom. The van der Waals surface area contributed by atoms with Crippen LogP contribution in [-0.2, 0) is 0 Å². The smallest absolute Gasteiger partial charge is 0.126 e. The van der Waals surface area contributed by atoms with Gasteiger partial charge in [0, 0.05) is 16.5 Å². The average Bonchev–Trinajstić information content (AvgIpc) is 2.46. The summed E-state index contributed by atoms with van der Waals surface area (Å²) < 4.78 is 26.8. The van der Waals surface area contributed by atoms with Crippen molar-refractivity contribution in [2.45, 2.75) is 4.83 Å². The van der Waals surface area contributed by atoms with Gasteiger partial charge in [-0.25, -0.2) is 8.78 Å². The Hall–Kier alpha value is -1.45. The normalized spacial score (nSPS) is 12.6. The zero-order valence-electron chi connectivity index (χ0n) is 10.8. The molecule has 0 spiro atoms. The maximum absolute atomic E-state index is 13.4. The van der Waals surface area contributed by atoms with E-state index in [1.54, 1.807) is 6.07 Å². The predicted octanol–water partition coefficient (Wildman–Crippen LogP) is 6.26. The number of fused-ring (bicyclic) bond motifs is 1. The molecule has 4 heteroatoms. The molecule has 3 rings (SSSR count). The monoisotopic (exact) mass is 366 g/mol. The van der Waals surface area contributed by atoms with Gasteiger partial charge in [-0.05, 0) is 34.7 Å². The zero-order chi connectivity index (χ0) is 15.0. The summed E-state index contributed by atoms with van der Waals surface area (Å²) in [6, 6.07) is 14.9. The lowest BCUT2D eigenvalue weighted by molar-refractivity contribution is 0.580. The van der Waals surface area contributed by atoms with Crippen LogP contribution in [-0.4, -0.2) is 0 Å². The Morgan fingerprint density at radius 1 is 0.857 bits per heavy atom. The van der Waals surface area contributed by atoms with E-state index in [1.165, 1.54) is 12.1 Å². The van der Waals surface area contributed by atoms with Crippen molar-refractivity contribution >= 4 is 38.3 Å². The Morgan fingerprint density at radius 3 is 2.14 bits per heavy atom. The fourth-order valence-electron chi connectivity index (χ4n) is 2.41. The highest BCUT2D eigenvalue weighted by Crippen LogP contribution is 2.37. The van der Waals surface area contributed by atoms with Gasteiger partial charge in [-0.1, -0.05) is 57.9 Å². The van der Waals surface area contributed by atoms with Crippen molar-refractivity contribution in [1.29, 1.82) is 0 Å². The number of benzene rings is 3. The van der Waals surface area contributed by atoms with Crippen LogP contribution in [0.5, 0.6) is 0 Å². The molecular formula is C17H10BrClF2. The SMILES string of the molecule is Fc1cc(F)cc(C(Br)c2ccc(Cl)c3ccccc23)c1. The van der Waals surface area contributed by atoms with Gasteiger partial charge in [0.2, 0.25) is 0 Å². The highest BCUT2D eigenvalue weighted by atomic mass is 79.9. The van der Waals surface area contributed by atoms with Crippen molar-refractivity contribution < 1.29 is 8.78 Å². The topological polar surface area (TPSA) is 0 Å². The molecule has 0 fully saturated rings. The van der Waals surface area contributed by atoms with E-state index < -0.39 is 11.6 Å². The van der Waals surface area contributed by atoms with Gasteiger partial charge < -0.3 is 0 Å². The maximum Gasteiger partial charge on any atom is 0.126 e. The van der Waals surface area contributed by atoms with Crippen molar-refractivity contribution in [2.75, 3.05) is 0 Å². The third-order valence-corrected chi connectivity index (χ3v) is 4.71. The van der Waals surface area contributed by atoms with E-state index in [9.17, 15) is 8.78 Å². The first-order valence-corrected chi connectivity index (χ1v) is 7.63. The summed E-state index contributed by atoms with van der Waals surface area (Å²) in [6.07, 6.45) is 0. The molecule has 3 aromatic rings.